The van der Waals surface area contributed by atoms with E-state index in [2.05, 4.69) is 20.6 Å². The smallest absolute Gasteiger partial charge is 0.251 e. The first-order valence-corrected chi connectivity index (χ1v) is 13.5. The minimum Gasteiger partial charge on any atom is -0.495 e. The fraction of sp³-hybridized carbons (Fsp3) is 0.241. The lowest BCUT2D eigenvalue weighted by molar-refractivity contribution is -0.127. The average Bonchev–Trinajstić information content (AvgIpc) is 3.73. The zero-order valence-corrected chi connectivity index (χ0v) is 22.8. The molecule has 2 aromatic carbocycles. The standard InChI is InChI=1S/C29H28N8O5/c1-40-23-10-3-2-9-21(23)37-22-16-24(32-17-20(22)33-28(37)26-27(30)35-42-34-26)41-19-8-4-7-18(15-19)29(39)31-12-6-14-36-13-5-11-25(36)38/h2-4,7-10,15-17H,5-6,11-14H2,1H3,(H2,30,35)(H,31,39). The zero-order chi connectivity index (χ0) is 29.1. The van der Waals surface area contributed by atoms with Crippen molar-refractivity contribution < 1.29 is 23.7 Å². The third-order valence-electron chi connectivity index (χ3n) is 6.95. The molecule has 1 aliphatic heterocycles. The summed E-state index contributed by atoms with van der Waals surface area (Å²) >= 11 is 0. The summed E-state index contributed by atoms with van der Waals surface area (Å²) in [6.45, 7) is 1.90. The van der Waals surface area contributed by atoms with E-state index in [4.69, 9.17) is 24.8 Å². The Hall–Kier alpha value is -5.46. The number of rotatable bonds is 10. The number of pyridine rings is 1. The molecular formula is C29H28N8O5. The predicted octanol–water partition coefficient (Wildman–Crippen LogP) is 3.60. The molecule has 0 saturated carbocycles. The molecule has 1 saturated heterocycles. The van der Waals surface area contributed by atoms with Crippen LogP contribution < -0.4 is 20.5 Å². The summed E-state index contributed by atoms with van der Waals surface area (Å²) in [5.74, 6) is 1.74. The quantitative estimate of drug-likeness (QED) is 0.238. The normalized spacial score (nSPS) is 13.1. The molecular weight excluding hydrogens is 540 g/mol. The van der Waals surface area contributed by atoms with Crippen molar-refractivity contribution in [1.82, 2.24) is 35.1 Å². The van der Waals surface area contributed by atoms with E-state index >= 15 is 0 Å². The van der Waals surface area contributed by atoms with Gasteiger partial charge < -0.3 is 25.4 Å². The fourth-order valence-corrected chi connectivity index (χ4v) is 4.92. The van der Waals surface area contributed by atoms with Crippen molar-refractivity contribution in [3.63, 3.8) is 0 Å². The van der Waals surface area contributed by atoms with Gasteiger partial charge in [-0.1, -0.05) is 18.2 Å². The molecule has 5 aromatic rings. The van der Waals surface area contributed by atoms with E-state index in [0.29, 0.717) is 65.5 Å². The van der Waals surface area contributed by atoms with Crippen molar-refractivity contribution in [3.8, 4) is 34.6 Å². The highest BCUT2D eigenvalue weighted by molar-refractivity contribution is 5.94. The Morgan fingerprint density at radius 2 is 2.02 bits per heavy atom. The van der Waals surface area contributed by atoms with E-state index in [1.165, 1.54) is 0 Å². The number of nitrogens with two attached hydrogens (primary N) is 1. The number of para-hydroxylation sites is 2. The number of carbonyl (C=O) groups excluding carboxylic acids is 2. The molecule has 214 valence electrons. The minimum atomic E-state index is -0.227. The van der Waals surface area contributed by atoms with Gasteiger partial charge in [0.1, 0.15) is 17.0 Å². The number of fused-ring (bicyclic) bond motifs is 1. The second kappa shape index (κ2) is 11.6. The lowest BCUT2D eigenvalue weighted by atomic mass is 10.2. The molecule has 13 nitrogen and oxygen atoms in total. The van der Waals surface area contributed by atoms with Crippen LogP contribution in [-0.4, -0.2) is 68.3 Å². The zero-order valence-electron chi connectivity index (χ0n) is 22.8. The third-order valence-corrected chi connectivity index (χ3v) is 6.95. The van der Waals surface area contributed by atoms with Crippen LogP contribution in [0.1, 0.15) is 29.6 Å². The molecule has 6 rings (SSSR count). The van der Waals surface area contributed by atoms with Gasteiger partial charge in [0.05, 0.1) is 24.5 Å². The lowest BCUT2D eigenvalue weighted by Gasteiger charge is -2.15. The van der Waals surface area contributed by atoms with Crippen LogP contribution in [0.3, 0.4) is 0 Å². The van der Waals surface area contributed by atoms with E-state index in [1.807, 2.05) is 33.7 Å². The summed E-state index contributed by atoms with van der Waals surface area (Å²) in [6.07, 6.45) is 3.77. The largest absolute Gasteiger partial charge is 0.495 e. The first-order valence-electron chi connectivity index (χ1n) is 13.5. The molecule has 0 bridgehead atoms. The van der Waals surface area contributed by atoms with Gasteiger partial charge in [0.2, 0.25) is 11.8 Å². The number of hydrogen-bond acceptors (Lipinski definition) is 10. The number of hydrogen-bond donors (Lipinski definition) is 2. The molecule has 1 fully saturated rings. The van der Waals surface area contributed by atoms with Gasteiger partial charge in [-0.05, 0) is 53.5 Å². The molecule has 0 atom stereocenters. The third kappa shape index (κ3) is 5.31. The number of nitrogen functional groups attached to an aromatic ring is 1. The number of benzene rings is 2. The number of nitrogens with zero attached hydrogens (tertiary/aromatic N) is 6. The number of aromatic nitrogens is 5. The summed E-state index contributed by atoms with van der Waals surface area (Å²) in [4.78, 5) is 35.5. The van der Waals surface area contributed by atoms with Crippen molar-refractivity contribution in [2.45, 2.75) is 19.3 Å². The van der Waals surface area contributed by atoms with E-state index in [9.17, 15) is 9.59 Å². The minimum absolute atomic E-state index is 0.0884. The van der Waals surface area contributed by atoms with Gasteiger partial charge in [-0.15, -0.1) is 0 Å². The maximum Gasteiger partial charge on any atom is 0.251 e. The molecule has 4 heterocycles. The lowest BCUT2D eigenvalue weighted by Crippen LogP contribution is -2.30. The van der Waals surface area contributed by atoms with Crippen LogP contribution in [0.15, 0.2) is 65.4 Å². The van der Waals surface area contributed by atoms with Gasteiger partial charge >= 0.3 is 0 Å². The first kappa shape index (κ1) is 26.7. The summed E-state index contributed by atoms with van der Waals surface area (Å²) in [5.41, 5.74) is 8.61. The highest BCUT2D eigenvalue weighted by Gasteiger charge is 2.23. The Bertz CT molecular complexity index is 1760. The number of amides is 2. The number of anilines is 1. The van der Waals surface area contributed by atoms with Gasteiger partial charge in [0.25, 0.3) is 5.91 Å². The molecule has 0 spiro atoms. The molecule has 3 aromatic heterocycles. The predicted molar refractivity (Wildman–Crippen MR) is 152 cm³/mol. The monoisotopic (exact) mass is 568 g/mol. The SMILES string of the molecule is COc1ccccc1-n1c(-c2nonc2N)nc2cnc(Oc3cccc(C(=O)NCCCN4CCCC4=O)c3)cc21. The Kier molecular flexibility index (Phi) is 7.37. The maximum atomic E-state index is 12.8. The number of nitrogens with one attached hydrogen (secondary N) is 1. The summed E-state index contributed by atoms with van der Waals surface area (Å²) in [6, 6.07) is 16.0. The number of ether oxygens (including phenoxy) is 2. The molecule has 0 radical (unpaired) electrons. The van der Waals surface area contributed by atoms with Gasteiger partial charge in [0.15, 0.2) is 17.3 Å². The van der Waals surface area contributed by atoms with Crippen LogP contribution in [0, 0.1) is 0 Å². The molecule has 2 amide bonds. The van der Waals surface area contributed by atoms with Crippen LogP contribution in [0.25, 0.3) is 28.2 Å². The maximum absolute atomic E-state index is 12.8. The highest BCUT2D eigenvalue weighted by atomic mass is 16.6. The number of likely N-dealkylation sites (tertiary alicyclic amines) is 1. The number of methoxy groups -OCH3 is 1. The Labute approximate surface area is 240 Å². The Morgan fingerprint density at radius 1 is 1.14 bits per heavy atom. The van der Waals surface area contributed by atoms with Crippen molar-refractivity contribution in [1.29, 1.82) is 0 Å². The van der Waals surface area contributed by atoms with E-state index < -0.39 is 0 Å². The van der Waals surface area contributed by atoms with Gasteiger partial charge in [0, 0.05) is 37.7 Å². The molecule has 13 heteroatoms. The molecule has 1 aliphatic rings. The second-order valence-corrected chi connectivity index (χ2v) is 9.68. The van der Waals surface area contributed by atoms with Gasteiger partial charge in [-0.25, -0.2) is 14.6 Å². The number of carbonyl (C=O) groups is 2. The first-order chi connectivity index (χ1) is 20.5. The summed E-state index contributed by atoms with van der Waals surface area (Å²) in [5, 5.41) is 10.6. The molecule has 42 heavy (non-hydrogen) atoms. The summed E-state index contributed by atoms with van der Waals surface area (Å²) < 4.78 is 18.3. The van der Waals surface area contributed by atoms with E-state index in [1.54, 1.807) is 43.6 Å². The van der Waals surface area contributed by atoms with E-state index in [0.717, 1.165) is 13.0 Å². The van der Waals surface area contributed by atoms with Crippen LogP contribution >= 0.6 is 0 Å². The Morgan fingerprint density at radius 3 is 2.81 bits per heavy atom. The van der Waals surface area contributed by atoms with Gasteiger partial charge in [-0.3, -0.25) is 14.2 Å². The van der Waals surface area contributed by atoms with Crippen LogP contribution in [0.5, 0.6) is 17.4 Å². The average molecular weight is 569 g/mol. The molecule has 0 aliphatic carbocycles. The van der Waals surface area contributed by atoms with Crippen molar-refractivity contribution >= 4 is 28.7 Å². The topological polar surface area (TPSA) is 164 Å². The Balaban J connectivity index is 1.24. The molecule has 0 unspecified atom stereocenters. The van der Waals surface area contributed by atoms with Crippen molar-refractivity contribution in [3.05, 3.63) is 66.4 Å². The van der Waals surface area contributed by atoms with Crippen molar-refractivity contribution in [2.24, 2.45) is 0 Å². The molecule has 3 N–H and O–H groups in total. The summed E-state index contributed by atoms with van der Waals surface area (Å²) in [7, 11) is 1.58. The second-order valence-electron chi connectivity index (χ2n) is 9.68. The fourth-order valence-electron chi connectivity index (χ4n) is 4.92. The number of imidazole rings is 1. The van der Waals surface area contributed by atoms with Crippen LogP contribution in [0.4, 0.5) is 5.82 Å². The van der Waals surface area contributed by atoms with Crippen LogP contribution in [-0.2, 0) is 4.79 Å². The van der Waals surface area contributed by atoms with Gasteiger partial charge in [-0.2, -0.15) is 0 Å². The van der Waals surface area contributed by atoms with Crippen LogP contribution in [0.2, 0.25) is 0 Å². The van der Waals surface area contributed by atoms with Crippen molar-refractivity contribution in [2.75, 3.05) is 32.5 Å². The van der Waals surface area contributed by atoms with E-state index in [-0.39, 0.29) is 29.2 Å². The highest BCUT2D eigenvalue weighted by Crippen LogP contribution is 2.35.